The number of nitrogens with two attached hydrogens (primary N) is 4. The Bertz CT molecular complexity index is 195. The molecule has 16 heavy (non-hydrogen) atoms. The Morgan fingerprint density at radius 2 is 1.06 bits per heavy atom. The van der Waals surface area contributed by atoms with Gasteiger partial charge in [0.15, 0.2) is 0 Å². The molecule has 0 saturated carbocycles. The van der Waals surface area contributed by atoms with Crippen molar-refractivity contribution < 1.29 is 38.6 Å². The second-order valence-corrected chi connectivity index (χ2v) is 3.65. The molecule has 10 heteroatoms. The molecular formula is C6H20N4O4PtS. The first-order valence-corrected chi connectivity index (χ1v) is 5.45. The van der Waals surface area contributed by atoms with Gasteiger partial charge in [0.2, 0.25) is 0 Å². The molecule has 0 aromatic carbocycles. The standard InChI is InChI=1S/2C3H10N2.H2O4S.Pt/c2*1-3(5)2-4;1-5(2,3)4;/h2*3H,2,4-5H2,1H3;(H2,1,2,3,4);/q;;;+2/p-2. The van der Waals surface area contributed by atoms with Crippen LogP contribution in [0, 0.1) is 0 Å². The van der Waals surface area contributed by atoms with E-state index < -0.39 is 10.4 Å². The van der Waals surface area contributed by atoms with E-state index in [1.54, 1.807) is 0 Å². The van der Waals surface area contributed by atoms with Gasteiger partial charge in [0.05, 0.1) is 0 Å². The van der Waals surface area contributed by atoms with Gasteiger partial charge in [0.1, 0.15) is 0 Å². The average Bonchev–Trinajstić information content (AvgIpc) is 2.02. The van der Waals surface area contributed by atoms with Gasteiger partial charge in [0.25, 0.3) is 0 Å². The molecule has 0 heterocycles. The SMILES string of the molecule is CC(N)CN.CC(N)CN.O=S(=O)([O-])[O-].[Pt+2]. The summed E-state index contributed by atoms with van der Waals surface area (Å²) in [6.07, 6.45) is 0. The third-order valence-electron chi connectivity index (χ3n) is 0.744. The largest absolute Gasteiger partial charge is 2.00 e. The van der Waals surface area contributed by atoms with E-state index in [0.717, 1.165) is 0 Å². The van der Waals surface area contributed by atoms with Crippen molar-refractivity contribution in [1.82, 2.24) is 0 Å². The van der Waals surface area contributed by atoms with Crippen LogP contribution < -0.4 is 22.9 Å². The molecule has 0 amide bonds. The van der Waals surface area contributed by atoms with Crippen LogP contribution in [0.4, 0.5) is 0 Å². The normalized spacial score (nSPS) is 13.0. The van der Waals surface area contributed by atoms with Crippen LogP contribution in [0.3, 0.4) is 0 Å². The molecule has 0 bridgehead atoms. The van der Waals surface area contributed by atoms with Gasteiger partial charge in [-0.05, 0) is 13.8 Å². The van der Waals surface area contributed by atoms with Crippen LogP contribution in [0.2, 0.25) is 0 Å². The van der Waals surface area contributed by atoms with Crippen molar-refractivity contribution in [2.45, 2.75) is 25.9 Å². The van der Waals surface area contributed by atoms with Crippen LogP contribution in [-0.4, -0.2) is 42.7 Å². The van der Waals surface area contributed by atoms with Gasteiger partial charge >= 0.3 is 21.1 Å². The van der Waals surface area contributed by atoms with Gasteiger partial charge in [0, 0.05) is 35.6 Å². The van der Waals surface area contributed by atoms with Crippen molar-refractivity contribution in [3.05, 3.63) is 0 Å². The van der Waals surface area contributed by atoms with E-state index in [1.165, 1.54) is 0 Å². The zero-order valence-corrected chi connectivity index (χ0v) is 12.3. The number of hydrogen-bond acceptors (Lipinski definition) is 8. The summed E-state index contributed by atoms with van der Waals surface area (Å²) in [5.74, 6) is 0. The molecule has 0 radical (unpaired) electrons. The zero-order valence-electron chi connectivity index (χ0n) is 9.24. The quantitative estimate of drug-likeness (QED) is 0.263. The molecule has 0 aliphatic heterocycles. The van der Waals surface area contributed by atoms with E-state index in [4.69, 9.17) is 40.5 Å². The van der Waals surface area contributed by atoms with Crippen molar-refractivity contribution in [3.63, 3.8) is 0 Å². The van der Waals surface area contributed by atoms with Crippen molar-refractivity contribution in [3.8, 4) is 0 Å². The molecule has 0 rings (SSSR count). The minimum absolute atomic E-state index is 0. The Balaban J connectivity index is -0.0000000655. The predicted molar refractivity (Wildman–Crippen MR) is 55.9 cm³/mol. The topological polar surface area (TPSA) is 184 Å². The van der Waals surface area contributed by atoms with Crippen LogP contribution >= 0.6 is 0 Å². The van der Waals surface area contributed by atoms with Gasteiger partial charge in [-0.2, -0.15) is 0 Å². The molecule has 0 aliphatic rings. The van der Waals surface area contributed by atoms with Crippen LogP contribution in [0.5, 0.6) is 0 Å². The summed E-state index contributed by atoms with van der Waals surface area (Å²) in [4.78, 5) is 0. The number of rotatable bonds is 2. The fourth-order valence-corrected chi connectivity index (χ4v) is 0. The predicted octanol–water partition coefficient (Wildman–Crippen LogP) is -2.76. The van der Waals surface area contributed by atoms with E-state index >= 15 is 0 Å². The Morgan fingerprint density at radius 3 is 1.06 bits per heavy atom. The Morgan fingerprint density at radius 1 is 1.00 bits per heavy atom. The summed E-state index contributed by atoms with van der Waals surface area (Å²) < 4.78 is 34.1. The third-order valence-corrected chi connectivity index (χ3v) is 0.744. The Hall–Kier alpha value is 0.398. The number of hydrogen-bond donors (Lipinski definition) is 4. The van der Waals surface area contributed by atoms with Gasteiger partial charge in [-0.25, -0.2) is 0 Å². The van der Waals surface area contributed by atoms with Crippen LogP contribution in [-0.2, 0) is 31.5 Å². The molecular weight excluding hydrogens is 419 g/mol. The van der Waals surface area contributed by atoms with Crippen molar-refractivity contribution >= 4 is 10.4 Å². The van der Waals surface area contributed by atoms with E-state index in [1.807, 2.05) is 13.8 Å². The van der Waals surface area contributed by atoms with E-state index in [-0.39, 0.29) is 33.1 Å². The molecule has 2 unspecified atom stereocenters. The van der Waals surface area contributed by atoms with Gasteiger partial charge in [-0.1, -0.05) is 0 Å². The molecule has 0 fully saturated rings. The van der Waals surface area contributed by atoms with Gasteiger partial charge < -0.3 is 32.0 Å². The Kier molecular flexibility index (Phi) is 24.3. The minimum Gasteiger partial charge on any atom is -0.759 e. The molecule has 0 aromatic heterocycles. The van der Waals surface area contributed by atoms with Crippen molar-refractivity contribution in [2.24, 2.45) is 22.9 Å². The molecule has 8 nitrogen and oxygen atoms in total. The summed E-state index contributed by atoms with van der Waals surface area (Å²) in [6, 6.07) is 0.324. The average molecular weight is 439 g/mol. The first-order chi connectivity index (χ1) is 6.54. The molecule has 104 valence electrons. The van der Waals surface area contributed by atoms with Crippen molar-refractivity contribution in [2.75, 3.05) is 13.1 Å². The van der Waals surface area contributed by atoms with Crippen LogP contribution in [0.1, 0.15) is 13.8 Å². The molecule has 2 atom stereocenters. The molecule has 0 aromatic rings. The summed E-state index contributed by atoms with van der Waals surface area (Å²) in [5.41, 5.74) is 20.4. The van der Waals surface area contributed by atoms with E-state index in [0.29, 0.717) is 13.1 Å². The molecule has 8 N–H and O–H groups in total. The second kappa shape index (κ2) is 15.4. The van der Waals surface area contributed by atoms with Gasteiger partial charge in [-0.15, -0.1) is 0 Å². The summed E-state index contributed by atoms with van der Waals surface area (Å²) in [7, 11) is -5.17. The molecule has 0 saturated heterocycles. The van der Waals surface area contributed by atoms with Crippen LogP contribution in [0.15, 0.2) is 0 Å². The fraction of sp³-hybridized carbons (Fsp3) is 1.00. The summed E-state index contributed by atoms with van der Waals surface area (Å²) in [5, 5.41) is 0. The monoisotopic (exact) mass is 439 g/mol. The summed E-state index contributed by atoms with van der Waals surface area (Å²) in [6.45, 7) is 4.92. The maximum atomic E-state index is 8.52. The maximum absolute atomic E-state index is 8.52. The smallest absolute Gasteiger partial charge is 0.759 e. The van der Waals surface area contributed by atoms with E-state index in [9.17, 15) is 0 Å². The maximum Gasteiger partial charge on any atom is 2.00 e. The molecule has 0 spiro atoms. The first kappa shape index (κ1) is 25.3. The zero-order chi connectivity index (χ0) is 13.1. The minimum atomic E-state index is -5.17. The molecule has 0 aliphatic carbocycles. The first-order valence-electron chi connectivity index (χ1n) is 4.12. The second-order valence-electron chi connectivity index (χ2n) is 2.83. The Labute approximate surface area is 111 Å². The van der Waals surface area contributed by atoms with Crippen molar-refractivity contribution in [1.29, 1.82) is 0 Å². The van der Waals surface area contributed by atoms with E-state index in [2.05, 4.69) is 0 Å². The summed E-state index contributed by atoms with van der Waals surface area (Å²) >= 11 is 0. The van der Waals surface area contributed by atoms with Gasteiger partial charge in [-0.3, -0.25) is 8.42 Å². The fourth-order valence-electron chi connectivity index (χ4n) is 0. The third kappa shape index (κ3) is 134. The van der Waals surface area contributed by atoms with Crippen LogP contribution in [0.25, 0.3) is 0 Å².